The van der Waals surface area contributed by atoms with Crippen molar-refractivity contribution in [3.8, 4) is 22.1 Å². The molecule has 0 saturated carbocycles. The van der Waals surface area contributed by atoms with Gasteiger partial charge in [0.2, 0.25) is 0 Å². The molecule has 3 aromatic rings. The van der Waals surface area contributed by atoms with Gasteiger partial charge < -0.3 is 4.74 Å². The molecule has 0 atom stereocenters. The van der Waals surface area contributed by atoms with Crippen LogP contribution in [0.4, 0.5) is 5.69 Å². The van der Waals surface area contributed by atoms with Crippen LogP contribution < -0.4 is 4.74 Å². The van der Waals surface area contributed by atoms with E-state index in [0.29, 0.717) is 34.4 Å². The molecule has 0 aliphatic carbocycles. The number of benzene rings is 1. The zero-order chi connectivity index (χ0) is 17.1. The predicted octanol–water partition coefficient (Wildman–Crippen LogP) is 3.72. The summed E-state index contributed by atoms with van der Waals surface area (Å²) in [5.41, 5.74) is 1.57. The summed E-state index contributed by atoms with van der Waals surface area (Å²) in [7, 11) is 0. The largest absolute Gasteiger partial charge is 0.493 e. The third-order valence-electron chi connectivity index (χ3n) is 3.35. The summed E-state index contributed by atoms with van der Waals surface area (Å²) in [5.74, 6) is 0.531. The molecule has 122 valence electrons. The fourth-order valence-electron chi connectivity index (χ4n) is 2.28. The van der Waals surface area contributed by atoms with Gasteiger partial charge in [0.15, 0.2) is 11.4 Å². The highest BCUT2D eigenvalue weighted by atomic mass is 32.1. The Morgan fingerprint density at radius 1 is 1.42 bits per heavy atom. The second kappa shape index (κ2) is 6.63. The minimum absolute atomic E-state index is 0.0300. The van der Waals surface area contributed by atoms with Crippen molar-refractivity contribution in [2.45, 2.75) is 6.92 Å². The molecule has 2 heterocycles. The van der Waals surface area contributed by atoms with Crippen LogP contribution in [0.25, 0.3) is 16.4 Å². The average Bonchev–Trinajstić information content (AvgIpc) is 3.23. The molecule has 7 nitrogen and oxygen atoms in total. The summed E-state index contributed by atoms with van der Waals surface area (Å²) in [6, 6.07) is 7.86. The Balaban J connectivity index is 2.07. The molecule has 24 heavy (non-hydrogen) atoms. The highest BCUT2D eigenvalue weighted by Crippen LogP contribution is 2.35. The van der Waals surface area contributed by atoms with Crippen LogP contribution in [0.3, 0.4) is 0 Å². The Morgan fingerprint density at radius 2 is 2.25 bits per heavy atom. The van der Waals surface area contributed by atoms with Gasteiger partial charge in [-0.1, -0.05) is 0 Å². The molecular weight excluding hydrogens is 330 g/mol. The lowest BCUT2D eigenvalue weighted by molar-refractivity contribution is -0.384. The van der Waals surface area contributed by atoms with Crippen molar-refractivity contribution >= 4 is 23.3 Å². The van der Waals surface area contributed by atoms with Crippen molar-refractivity contribution in [3.05, 3.63) is 57.7 Å². The number of rotatable bonds is 6. The molecule has 0 amide bonds. The fourth-order valence-corrected chi connectivity index (χ4v) is 3.10. The van der Waals surface area contributed by atoms with Crippen LogP contribution in [-0.4, -0.2) is 27.4 Å². The normalized spacial score (nSPS) is 10.5. The zero-order valence-electron chi connectivity index (χ0n) is 12.7. The summed E-state index contributed by atoms with van der Waals surface area (Å²) in [6.45, 7) is 2.28. The number of hydrogen-bond acceptors (Lipinski definition) is 6. The molecule has 3 rings (SSSR count). The first kappa shape index (κ1) is 15.9. The zero-order valence-corrected chi connectivity index (χ0v) is 13.5. The Kier molecular flexibility index (Phi) is 4.39. The molecule has 0 aliphatic rings. The monoisotopic (exact) mass is 343 g/mol. The van der Waals surface area contributed by atoms with Crippen molar-refractivity contribution < 1.29 is 14.5 Å². The van der Waals surface area contributed by atoms with Crippen molar-refractivity contribution in [1.82, 2.24) is 9.55 Å². The molecule has 1 aromatic carbocycles. The van der Waals surface area contributed by atoms with E-state index in [4.69, 9.17) is 4.74 Å². The lowest BCUT2D eigenvalue weighted by Gasteiger charge is -2.08. The number of carbonyl (C=O) groups is 1. The van der Waals surface area contributed by atoms with Gasteiger partial charge in [-0.2, -0.15) is 0 Å². The fraction of sp³-hybridized carbons (Fsp3) is 0.125. The number of thiazole rings is 1. The number of carbonyl (C=O) groups excluding carboxylic acids is 1. The molecule has 0 aliphatic heterocycles. The number of hydrogen-bond donors (Lipinski definition) is 0. The Labute approximate surface area is 141 Å². The molecular formula is C16H13N3O4S. The summed E-state index contributed by atoms with van der Waals surface area (Å²) < 4.78 is 7.22. The van der Waals surface area contributed by atoms with E-state index in [1.54, 1.807) is 34.3 Å². The summed E-state index contributed by atoms with van der Waals surface area (Å²) >= 11 is 1.34. The van der Waals surface area contributed by atoms with Gasteiger partial charge in [-0.3, -0.25) is 19.5 Å². The van der Waals surface area contributed by atoms with Gasteiger partial charge >= 0.3 is 0 Å². The Hall–Kier alpha value is -3.00. The number of aldehydes is 1. The van der Waals surface area contributed by atoms with Gasteiger partial charge in [-0.05, 0) is 25.1 Å². The summed E-state index contributed by atoms with van der Waals surface area (Å²) in [4.78, 5) is 26.1. The van der Waals surface area contributed by atoms with Crippen LogP contribution in [0, 0.1) is 10.1 Å². The van der Waals surface area contributed by atoms with E-state index in [0.717, 1.165) is 6.29 Å². The maximum Gasteiger partial charge on any atom is 0.270 e. The van der Waals surface area contributed by atoms with Crippen LogP contribution >= 0.6 is 11.3 Å². The smallest absolute Gasteiger partial charge is 0.270 e. The van der Waals surface area contributed by atoms with Crippen molar-refractivity contribution in [1.29, 1.82) is 0 Å². The highest BCUT2D eigenvalue weighted by Gasteiger charge is 2.16. The first-order valence-electron chi connectivity index (χ1n) is 7.14. The number of aromatic nitrogens is 2. The summed E-state index contributed by atoms with van der Waals surface area (Å²) in [5, 5.41) is 13.4. The molecule has 0 spiro atoms. The Morgan fingerprint density at radius 3 is 2.96 bits per heavy atom. The third-order valence-corrected chi connectivity index (χ3v) is 4.19. The van der Waals surface area contributed by atoms with Crippen LogP contribution in [0.15, 0.2) is 41.9 Å². The lowest BCUT2D eigenvalue weighted by atomic mass is 10.1. The Bertz CT molecular complexity index is 900. The average molecular weight is 343 g/mol. The standard InChI is InChI=1S/C16H13N3O4S/c1-2-23-15-6-5-11(19(21)22)8-13(15)14-10-24-16(17-14)18-7-3-4-12(18)9-20/h3-10H,2H2,1H3. The second-order valence-electron chi connectivity index (χ2n) is 4.81. The predicted molar refractivity (Wildman–Crippen MR) is 90.1 cm³/mol. The van der Waals surface area contributed by atoms with Crippen LogP contribution in [0.2, 0.25) is 0 Å². The van der Waals surface area contributed by atoms with E-state index >= 15 is 0 Å². The maximum absolute atomic E-state index is 11.1. The van der Waals surface area contributed by atoms with Gasteiger partial charge in [-0.25, -0.2) is 4.98 Å². The first-order chi connectivity index (χ1) is 11.6. The molecule has 0 unspecified atom stereocenters. The van der Waals surface area contributed by atoms with Gasteiger partial charge in [0.05, 0.1) is 22.9 Å². The number of nitro groups is 1. The van der Waals surface area contributed by atoms with Crippen LogP contribution in [0.5, 0.6) is 5.75 Å². The van der Waals surface area contributed by atoms with Crippen molar-refractivity contribution in [3.63, 3.8) is 0 Å². The third kappa shape index (κ3) is 2.91. The van der Waals surface area contributed by atoms with Crippen LogP contribution in [-0.2, 0) is 0 Å². The molecule has 0 saturated heterocycles. The second-order valence-corrected chi connectivity index (χ2v) is 5.64. The minimum Gasteiger partial charge on any atom is -0.493 e. The van der Waals surface area contributed by atoms with E-state index in [1.807, 2.05) is 6.92 Å². The SMILES string of the molecule is CCOc1ccc([N+](=O)[O-])cc1-c1csc(-n2cccc2C=O)n1. The van der Waals surface area contributed by atoms with Gasteiger partial charge in [0.25, 0.3) is 5.69 Å². The highest BCUT2D eigenvalue weighted by molar-refractivity contribution is 7.12. The minimum atomic E-state index is -0.455. The number of nitrogens with zero attached hydrogens (tertiary/aromatic N) is 3. The number of non-ortho nitro benzene ring substituents is 1. The molecule has 0 fully saturated rings. The number of ether oxygens (including phenoxy) is 1. The molecule has 2 aromatic heterocycles. The van der Waals surface area contributed by atoms with Crippen molar-refractivity contribution in [2.75, 3.05) is 6.61 Å². The first-order valence-corrected chi connectivity index (χ1v) is 8.02. The molecule has 8 heteroatoms. The number of nitro benzene ring substituents is 1. The van der Waals surface area contributed by atoms with E-state index in [1.165, 1.54) is 23.5 Å². The van der Waals surface area contributed by atoms with E-state index in [-0.39, 0.29) is 5.69 Å². The van der Waals surface area contributed by atoms with Gasteiger partial charge in [0, 0.05) is 29.3 Å². The molecule has 0 radical (unpaired) electrons. The topological polar surface area (TPSA) is 87.3 Å². The van der Waals surface area contributed by atoms with Gasteiger partial charge in [-0.15, -0.1) is 11.3 Å². The quantitative estimate of drug-likeness (QED) is 0.387. The van der Waals surface area contributed by atoms with Crippen molar-refractivity contribution in [2.24, 2.45) is 0 Å². The van der Waals surface area contributed by atoms with E-state index in [2.05, 4.69) is 4.98 Å². The maximum atomic E-state index is 11.1. The van der Waals surface area contributed by atoms with E-state index in [9.17, 15) is 14.9 Å². The van der Waals surface area contributed by atoms with Gasteiger partial charge in [0.1, 0.15) is 5.75 Å². The molecule has 0 bridgehead atoms. The van der Waals surface area contributed by atoms with Crippen LogP contribution in [0.1, 0.15) is 17.4 Å². The lowest BCUT2D eigenvalue weighted by Crippen LogP contribution is -1.98. The molecule has 0 N–H and O–H groups in total. The summed E-state index contributed by atoms with van der Waals surface area (Å²) in [6.07, 6.45) is 2.49. The van der Waals surface area contributed by atoms with E-state index < -0.39 is 4.92 Å².